The third kappa shape index (κ3) is 5.81. The van der Waals surface area contributed by atoms with E-state index in [0.717, 1.165) is 44.7 Å². The molecule has 0 saturated carbocycles. The molecule has 1 aliphatic heterocycles. The van der Waals surface area contributed by atoms with Crippen LogP contribution >= 0.6 is 0 Å². The molecular weight excluding hydrogens is 362 g/mol. The van der Waals surface area contributed by atoms with E-state index in [1.54, 1.807) is 7.11 Å². The molecule has 158 valence electrons. The van der Waals surface area contributed by atoms with Gasteiger partial charge in [0.15, 0.2) is 0 Å². The molecule has 0 amide bonds. The number of rotatable bonds is 9. The number of methoxy groups -OCH3 is 1. The van der Waals surface area contributed by atoms with Gasteiger partial charge in [0.05, 0.1) is 25.9 Å². The van der Waals surface area contributed by atoms with Crippen molar-refractivity contribution in [3.63, 3.8) is 0 Å². The summed E-state index contributed by atoms with van der Waals surface area (Å²) >= 11 is 0. The highest BCUT2D eigenvalue weighted by Crippen LogP contribution is 2.46. The van der Waals surface area contributed by atoms with Gasteiger partial charge >= 0.3 is 0 Å². The Bertz CT molecular complexity index is 744. The van der Waals surface area contributed by atoms with Gasteiger partial charge in [-0.3, -0.25) is 0 Å². The van der Waals surface area contributed by atoms with Gasteiger partial charge in [-0.25, -0.2) is 0 Å². The molecule has 0 radical (unpaired) electrons. The molecule has 4 nitrogen and oxygen atoms in total. The van der Waals surface area contributed by atoms with Gasteiger partial charge in [-0.2, -0.15) is 0 Å². The van der Waals surface area contributed by atoms with E-state index < -0.39 is 0 Å². The molecule has 1 heterocycles. The fourth-order valence-corrected chi connectivity index (χ4v) is 4.89. The van der Waals surface area contributed by atoms with Gasteiger partial charge < -0.3 is 19.9 Å². The van der Waals surface area contributed by atoms with Crippen LogP contribution in [0, 0.1) is 11.3 Å². The largest absolute Gasteiger partial charge is 0.497 e. The van der Waals surface area contributed by atoms with E-state index in [2.05, 4.69) is 61.6 Å². The van der Waals surface area contributed by atoms with Crippen LogP contribution in [-0.4, -0.2) is 37.6 Å². The first-order valence-corrected chi connectivity index (χ1v) is 10.7. The van der Waals surface area contributed by atoms with E-state index in [1.165, 1.54) is 11.1 Å². The second-order valence-corrected chi connectivity index (χ2v) is 9.02. The van der Waals surface area contributed by atoms with Crippen LogP contribution in [0.2, 0.25) is 0 Å². The van der Waals surface area contributed by atoms with Crippen molar-refractivity contribution in [2.45, 2.75) is 45.3 Å². The smallest absolute Gasteiger partial charge is 0.118 e. The lowest BCUT2D eigenvalue weighted by molar-refractivity contribution is -0.678. The topological polar surface area (TPSA) is 55.3 Å². The van der Waals surface area contributed by atoms with Gasteiger partial charge in [0, 0.05) is 18.1 Å². The Morgan fingerprint density at radius 1 is 1.07 bits per heavy atom. The first-order valence-electron chi connectivity index (χ1n) is 10.7. The molecule has 4 heteroatoms. The summed E-state index contributed by atoms with van der Waals surface area (Å²) in [6.45, 7) is 7.15. The number of nitrogens with two attached hydrogens (primary N) is 1. The zero-order chi connectivity index (χ0) is 20.7. The number of hydrogen-bond acceptors (Lipinski definition) is 3. The van der Waals surface area contributed by atoms with Crippen LogP contribution in [0.4, 0.5) is 0 Å². The second kappa shape index (κ2) is 9.75. The van der Waals surface area contributed by atoms with Gasteiger partial charge in [0.1, 0.15) is 12.3 Å². The molecule has 1 saturated heterocycles. The maximum atomic E-state index is 10.4. The van der Waals surface area contributed by atoms with Crippen molar-refractivity contribution in [2.24, 2.45) is 11.3 Å². The van der Waals surface area contributed by atoms with Crippen LogP contribution in [0.3, 0.4) is 0 Å². The highest BCUT2D eigenvalue weighted by atomic mass is 16.5. The maximum absolute atomic E-state index is 10.4. The summed E-state index contributed by atoms with van der Waals surface area (Å²) in [7, 11) is 1.69. The predicted molar refractivity (Wildman–Crippen MR) is 116 cm³/mol. The van der Waals surface area contributed by atoms with Crippen LogP contribution in [0.25, 0.3) is 0 Å². The van der Waals surface area contributed by atoms with Gasteiger partial charge in [0.25, 0.3) is 0 Å². The number of hydrogen-bond donors (Lipinski definition) is 2. The third-order valence-corrected chi connectivity index (χ3v) is 6.35. The second-order valence-electron chi connectivity index (χ2n) is 9.02. The number of aliphatic hydroxyl groups excluding tert-OH is 1. The maximum Gasteiger partial charge on any atom is 0.118 e. The van der Waals surface area contributed by atoms with Crippen molar-refractivity contribution in [3.05, 3.63) is 65.7 Å². The van der Waals surface area contributed by atoms with Crippen LogP contribution in [-0.2, 0) is 17.7 Å². The summed E-state index contributed by atoms with van der Waals surface area (Å²) < 4.78 is 11.3. The Morgan fingerprint density at radius 2 is 1.79 bits per heavy atom. The number of aliphatic hydroxyl groups is 1. The lowest BCUT2D eigenvalue weighted by atomic mass is 9.63. The first kappa shape index (κ1) is 21.8. The average Bonchev–Trinajstić information content (AvgIpc) is 2.71. The summed E-state index contributed by atoms with van der Waals surface area (Å²) in [5.41, 5.74) is 2.51. The van der Waals surface area contributed by atoms with E-state index >= 15 is 0 Å². The molecule has 3 rings (SSSR count). The molecule has 2 aromatic rings. The van der Waals surface area contributed by atoms with E-state index in [1.807, 2.05) is 12.1 Å². The van der Waals surface area contributed by atoms with Gasteiger partial charge in [0.2, 0.25) is 0 Å². The lowest BCUT2D eigenvalue weighted by Crippen LogP contribution is -2.85. The van der Waals surface area contributed by atoms with Crippen molar-refractivity contribution in [1.82, 2.24) is 0 Å². The monoisotopic (exact) mass is 398 g/mol. The fourth-order valence-electron chi connectivity index (χ4n) is 4.89. The van der Waals surface area contributed by atoms with Crippen LogP contribution < -0.4 is 10.1 Å². The summed E-state index contributed by atoms with van der Waals surface area (Å²) in [4.78, 5) is 0. The van der Waals surface area contributed by atoms with E-state index in [-0.39, 0.29) is 23.5 Å². The van der Waals surface area contributed by atoms with Gasteiger partial charge in [-0.05, 0) is 68.4 Å². The van der Waals surface area contributed by atoms with Crippen LogP contribution in [0.1, 0.15) is 37.8 Å². The quantitative estimate of drug-likeness (QED) is 0.682. The predicted octanol–water partition coefficient (Wildman–Crippen LogP) is 3.19. The van der Waals surface area contributed by atoms with E-state index in [0.29, 0.717) is 0 Å². The number of ether oxygens (including phenoxy) is 2. The zero-order valence-corrected chi connectivity index (χ0v) is 18.1. The molecule has 3 N–H and O–H groups in total. The Morgan fingerprint density at radius 3 is 2.41 bits per heavy atom. The molecular formula is C25H36NO3+. The molecule has 2 aromatic carbocycles. The van der Waals surface area contributed by atoms with Crippen molar-refractivity contribution >= 4 is 0 Å². The summed E-state index contributed by atoms with van der Waals surface area (Å²) in [6, 6.07) is 18.9. The number of benzene rings is 2. The highest BCUT2D eigenvalue weighted by Gasteiger charge is 2.46. The Hall–Kier alpha value is -1.88. The van der Waals surface area contributed by atoms with E-state index in [4.69, 9.17) is 9.47 Å². The minimum absolute atomic E-state index is 0.0499. The summed E-state index contributed by atoms with van der Waals surface area (Å²) in [5, 5.41) is 12.7. The van der Waals surface area contributed by atoms with Crippen molar-refractivity contribution < 1.29 is 19.9 Å². The molecule has 0 unspecified atom stereocenters. The molecule has 0 aromatic heterocycles. The normalized spacial score (nSPS) is 22.2. The molecule has 1 fully saturated rings. The lowest BCUT2D eigenvalue weighted by Gasteiger charge is -2.48. The molecule has 0 aliphatic carbocycles. The summed E-state index contributed by atoms with van der Waals surface area (Å²) in [5.74, 6) is 1.11. The fraction of sp³-hybridized carbons (Fsp3) is 0.520. The SMILES string of the molecule is COc1ccc(C[NH2+]C[C@@H](CO)[C@@]2(Cc3ccccc3)CCOC(C)(C)C2)cc1. The molecule has 29 heavy (non-hydrogen) atoms. The molecule has 1 aliphatic rings. The highest BCUT2D eigenvalue weighted by molar-refractivity contribution is 5.26. The first-order chi connectivity index (χ1) is 14.0. The summed E-state index contributed by atoms with van der Waals surface area (Å²) in [6.07, 6.45) is 2.95. The Labute approximate surface area is 175 Å². The Balaban J connectivity index is 1.71. The van der Waals surface area contributed by atoms with E-state index in [9.17, 15) is 5.11 Å². The average molecular weight is 399 g/mol. The number of quaternary nitrogens is 1. The van der Waals surface area contributed by atoms with Crippen LogP contribution in [0.5, 0.6) is 5.75 Å². The molecule has 0 bridgehead atoms. The van der Waals surface area contributed by atoms with Crippen molar-refractivity contribution in [1.29, 1.82) is 0 Å². The Kier molecular flexibility index (Phi) is 7.33. The minimum Gasteiger partial charge on any atom is -0.497 e. The zero-order valence-electron chi connectivity index (χ0n) is 18.1. The molecule has 0 spiro atoms. The van der Waals surface area contributed by atoms with Gasteiger partial charge in [-0.1, -0.05) is 30.3 Å². The van der Waals surface area contributed by atoms with Gasteiger partial charge in [-0.15, -0.1) is 0 Å². The van der Waals surface area contributed by atoms with Crippen molar-refractivity contribution in [2.75, 3.05) is 26.9 Å². The van der Waals surface area contributed by atoms with Crippen LogP contribution in [0.15, 0.2) is 54.6 Å². The minimum atomic E-state index is -0.156. The third-order valence-electron chi connectivity index (χ3n) is 6.35. The van der Waals surface area contributed by atoms with Crippen molar-refractivity contribution in [3.8, 4) is 5.75 Å². The standard InChI is InChI=1S/C25H35NO3/c1-24(2)19-25(13-14-29-24,15-20-7-5-4-6-8-20)22(18-27)17-26-16-21-9-11-23(28-3)12-10-21/h4-12,22,26-27H,13-19H2,1-3H3/p+1/t22-,25+/m0/s1. The molecule has 2 atom stereocenters.